The number of anilines is 1. The zero-order valence-electron chi connectivity index (χ0n) is 12.2. The van der Waals surface area contributed by atoms with Crippen molar-refractivity contribution in [3.05, 3.63) is 28.8 Å². The van der Waals surface area contributed by atoms with Crippen LogP contribution in [0.1, 0.15) is 32.3 Å². The molecule has 3 heteroatoms. The van der Waals surface area contributed by atoms with Crippen LogP contribution in [0.2, 0.25) is 5.02 Å². The van der Waals surface area contributed by atoms with E-state index in [0.717, 1.165) is 36.2 Å². The molecule has 3 unspecified atom stereocenters. The summed E-state index contributed by atoms with van der Waals surface area (Å²) in [7, 11) is 2.18. The Morgan fingerprint density at radius 1 is 1.47 bits per heavy atom. The summed E-state index contributed by atoms with van der Waals surface area (Å²) in [4.78, 5) is 2.36. The van der Waals surface area contributed by atoms with E-state index in [1.165, 1.54) is 17.7 Å². The number of nitrogens with two attached hydrogens (primary N) is 1. The summed E-state index contributed by atoms with van der Waals surface area (Å²) in [6.45, 7) is 5.59. The third-order valence-corrected chi connectivity index (χ3v) is 4.48. The van der Waals surface area contributed by atoms with Gasteiger partial charge in [0, 0.05) is 30.3 Å². The number of rotatable bonds is 6. The molecule has 1 aromatic rings. The van der Waals surface area contributed by atoms with Gasteiger partial charge in [-0.25, -0.2) is 0 Å². The number of benzene rings is 1. The zero-order chi connectivity index (χ0) is 14.0. The Morgan fingerprint density at radius 3 is 2.74 bits per heavy atom. The Bertz CT molecular complexity index is 433. The molecule has 1 aliphatic carbocycles. The first-order valence-corrected chi connectivity index (χ1v) is 7.64. The maximum Gasteiger partial charge on any atom is 0.0410 e. The van der Waals surface area contributed by atoms with Crippen molar-refractivity contribution in [2.24, 2.45) is 17.6 Å². The van der Waals surface area contributed by atoms with Crippen LogP contribution in [-0.2, 0) is 6.42 Å². The molecular formula is C16H25ClN2. The van der Waals surface area contributed by atoms with E-state index in [0.29, 0.717) is 0 Å². The third-order valence-electron chi connectivity index (χ3n) is 4.24. The number of hydrogen-bond donors (Lipinski definition) is 1. The molecule has 1 aromatic carbocycles. The van der Waals surface area contributed by atoms with Crippen molar-refractivity contribution in [3.63, 3.8) is 0 Å². The normalized spacial score (nSPS) is 23.2. The van der Waals surface area contributed by atoms with Gasteiger partial charge < -0.3 is 10.6 Å². The molecule has 0 amide bonds. The zero-order valence-corrected chi connectivity index (χ0v) is 13.0. The molecule has 0 spiro atoms. The van der Waals surface area contributed by atoms with Gasteiger partial charge in [-0.15, -0.1) is 0 Å². The minimum Gasteiger partial charge on any atom is -0.374 e. The molecule has 19 heavy (non-hydrogen) atoms. The molecule has 1 fully saturated rings. The summed E-state index contributed by atoms with van der Waals surface area (Å²) in [6.07, 6.45) is 3.26. The van der Waals surface area contributed by atoms with E-state index in [-0.39, 0.29) is 6.04 Å². The summed E-state index contributed by atoms with van der Waals surface area (Å²) in [6, 6.07) is 6.39. The molecule has 2 rings (SSSR count). The van der Waals surface area contributed by atoms with Crippen molar-refractivity contribution in [3.8, 4) is 0 Å². The van der Waals surface area contributed by atoms with Crippen LogP contribution in [0.15, 0.2) is 18.2 Å². The minimum absolute atomic E-state index is 0.213. The standard InChI is InChI=1S/C16H25ClN2/c1-4-15(18)9-12-8-14(17)5-6-16(12)19(3)10-13-7-11(13)2/h5-6,8,11,13,15H,4,7,9-10,18H2,1-3H3. The third kappa shape index (κ3) is 3.87. The molecular weight excluding hydrogens is 256 g/mol. The fourth-order valence-corrected chi connectivity index (χ4v) is 2.82. The quantitative estimate of drug-likeness (QED) is 0.861. The Kier molecular flexibility index (Phi) is 4.75. The Balaban J connectivity index is 2.13. The second kappa shape index (κ2) is 6.15. The number of nitrogens with zero attached hydrogens (tertiary/aromatic N) is 1. The Morgan fingerprint density at radius 2 is 2.16 bits per heavy atom. The van der Waals surface area contributed by atoms with Gasteiger partial charge >= 0.3 is 0 Å². The van der Waals surface area contributed by atoms with Crippen LogP contribution >= 0.6 is 11.6 Å². The van der Waals surface area contributed by atoms with E-state index in [1.54, 1.807) is 0 Å². The van der Waals surface area contributed by atoms with E-state index in [4.69, 9.17) is 17.3 Å². The Hall–Kier alpha value is -0.730. The molecule has 106 valence electrons. The second-order valence-electron chi connectivity index (χ2n) is 6.00. The molecule has 0 bridgehead atoms. The highest BCUT2D eigenvalue weighted by atomic mass is 35.5. The molecule has 0 aromatic heterocycles. The summed E-state index contributed by atoms with van der Waals surface area (Å²) in [5.41, 5.74) is 8.66. The lowest BCUT2D eigenvalue weighted by Crippen LogP contribution is -2.25. The van der Waals surface area contributed by atoms with E-state index in [2.05, 4.69) is 37.9 Å². The summed E-state index contributed by atoms with van der Waals surface area (Å²) < 4.78 is 0. The van der Waals surface area contributed by atoms with Crippen LogP contribution < -0.4 is 10.6 Å². The SMILES string of the molecule is CCC(N)Cc1cc(Cl)ccc1N(C)CC1CC1C. The van der Waals surface area contributed by atoms with Crippen molar-refractivity contribution < 1.29 is 0 Å². The number of halogens is 1. The molecule has 2 nitrogen and oxygen atoms in total. The second-order valence-corrected chi connectivity index (χ2v) is 6.44. The van der Waals surface area contributed by atoms with Crippen LogP contribution in [-0.4, -0.2) is 19.6 Å². The molecule has 1 saturated carbocycles. The van der Waals surface area contributed by atoms with Gasteiger partial charge in [0.05, 0.1) is 0 Å². The van der Waals surface area contributed by atoms with Crippen molar-refractivity contribution in [1.29, 1.82) is 0 Å². The highest BCUT2D eigenvalue weighted by molar-refractivity contribution is 6.30. The van der Waals surface area contributed by atoms with Crippen LogP contribution in [0.4, 0.5) is 5.69 Å². The fraction of sp³-hybridized carbons (Fsp3) is 0.625. The topological polar surface area (TPSA) is 29.3 Å². The molecule has 2 N–H and O–H groups in total. The average Bonchev–Trinajstić information content (AvgIpc) is 3.04. The van der Waals surface area contributed by atoms with Crippen molar-refractivity contribution in [1.82, 2.24) is 0 Å². The van der Waals surface area contributed by atoms with Gasteiger partial charge in [0.2, 0.25) is 0 Å². The molecule has 0 heterocycles. The molecule has 0 radical (unpaired) electrons. The monoisotopic (exact) mass is 280 g/mol. The predicted octanol–water partition coefficient (Wildman–Crippen LogP) is 3.71. The van der Waals surface area contributed by atoms with E-state index in [9.17, 15) is 0 Å². The van der Waals surface area contributed by atoms with Crippen LogP contribution in [0, 0.1) is 11.8 Å². The highest BCUT2D eigenvalue weighted by Gasteiger charge is 2.33. The molecule has 3 atom stereocenters. The number of hydrogen-bond acceptors (Lipinski definition) is 2. The molecule has 0 aliphatic heterocycles. The maximum atomic E-state index is 6.13. The van der Waals surface area contributed by atoms with E-state index in [1.807, 2.05) is 6.07 Å². The average molecular weight is 281 g/mol. The van der Waals surface area contributed by atoms with E-state index < -0.39 is 0 Å². The van der Waals surface area contributed by atoms with Crippen molar-refractivity contribution >= 4 is 17.3 Å². The van der Waals surface area contributed by atoms with Gasteiger partial charge in [-0.1, -0.05) is 25.4 Å². The van der Waals surface area contributed by atoms with Gasteiger partial charge in [0.25, 0.3) is 0 Å². The highest BCUT2D eigenvalue weighted by Crippen LogP contribution is 2.39. The molecule has 0 saturated heterocycles. The predicted molar refractivity (Wildman–Crippen MR) is 84.0 cm³/mol. The summed E-state index contributed by atoms with van der Waals surface area (Å²) in [5, 5.41) is 0.801. The van der Waals surface area contributed by atoms with Crippen molar-refractivity contribution in [2.75, 3.05) is 18.5 Å². The smallest absolute Gasteiger partial charge is 0.0410 e. The van der Waals surface area contributed by atoms with Gasteiger partial charge in [-0.2, -0.15) is 0 Å². The van der Waals surface area contributed by atoms with Crippen molar-refractivity contribution in [2.45, 2.75) is 39.2 Å². The molecule has 1 aliphatic rings. The minimum atomic E-state index is 0.213. The largest absolute Gasteiger partial charge is 0.374 e. The lowest BCUT2D eigenvalue weighted by Gasteiger charge is -2.24. The Labute approximate surface area is 121 Å². The van der Waals surface area contributed by atoms with Crippen LogP contribution in [0.25, 0.3) is 0 Å². The van der Waals surface area contributed by atoms with Gasteiger partial charge in [-0.05, 0) is 54.9 Å². The summed E-state index contributed by atoms with van der Waals surface area (Å²) in [5.74, 6) is 1.74. The fourth-order valence-electron chi connectivity index (χ4n) is 2.62. The lowest BCUT2D eigenvalue weighted by atomic mass is 10.0. The maximum absolute atomic E-state index is 6.13. The van der Waals surface area contributed by atoms with Gasteiger partial charge in [0.1, 0.15) is 0 Å². The van der Waals surface area contributed by atoms with Gasteiger partial charge in [0.15, 0.2) is 0 Å². The summed E-state index contributed by atoms with van der Waals surface area (Å²) >= 11 is 6.13. The first-order chi connectivity index (χ1) is 9.01. The first-order valence-electron chi connectivity index (χ1n) is 7.26. The lowest BCUT2D eigenvalue weighted by molar-refractivity contribution is 0.643. The van der Waals surface area contributed by atoms with Crippen LogP contribution in [0.3, 0.4) is 0 Å². The van der Waals surface area contributed by atoms with Crippen LogP contribution in [0.5, 0.6) is 0 Å². The van der Waals surface area contributed by atoms with Gasteiger partial charge in [-0.3, -0.25) is 0 Å². The first kappa shape index (κ1) is 14.7. The van der Waals surface area contributed by atoms with E-state index >= 15 is 0 Å².